The first-order chi connectivity index (χ1) is 9.63. The highest BCUT2D eigenvalue weighted by molar-refractivity contribution is 5.56. The van der Waals surface area contributed by atoms with Crippen LogP contribution in [0.5, 0.6) is 17.2 Å². The topological polar surface area (TPSA) is 44.5 Å². The molecule has 0 saturated heterocycles. The summed E-state index contributed by atoms with van der Waals surface area (Å²) in [7, 11) is 0. The molecule has 2 aromatic carbocycles. The Hall–Kier alpha value is -2.30. The van der Waals surface area contributed by atoms with E-state index in [0.717, 1.165) is 12.5 Å². The monoisotopic (exact) mass is 279 g/mol. The third-order valence-corrected chi connectivity index (χ3v) is 2.60. The molecule has 0 atom stereocenters. The van der Waals surface area contributed by atoms with Crippen molar-refractivity contribution < 1.29 is 18.3 Å². The van der Waals surface area contributed by atoms with Gasteiger partial charge in [0.05, 0.1) is 12.3 Å². The Labute approximate surface area is 115 Å². The third kappa shape index (κ3) is 2.99. The van der Waals surface area contributed by atoms with Crippen LogP contribution in [-0.4, -0.2) is 6.61 Å². The van der Waals surface area contributed by atoms with Crippen LogP contribution in [0.25, 0.3) is 0 Å². The molecule has 0 heterocycles. The fraction of sp³-hybridized carbons (Fsp3) is 0.200. The summed E-state index contributed by atoms with van der Waals surface area (Å²) in [5, 5.41) is 0. The average molecular weight is 279 g/mol. The molecule has 0 unspecified atom stereocenters. The summed E-state index contributed by atoms with van der Waals surface area (Å²) in [6.07, 6.45) is 0.824. The summed E-state index contributed by atoms with van der Waals surface area (Å²) in [5.74, 6) is -1.72. The maximum absolute atomic E-state index is 13.7. The van der Waals surface area contributed by atoms with E-state index in [2.05, 4.69) is 0 Å². The van der Waals surface area contributed by atoms with Crippen LogP contribution in [0.3, 0.4) is 0 Å². The molecule has 0 bridgehead atoms. The van der Waals surface area contributed by atoms with Crippen molar-refractivity contribution in [2.75, 3.05) is 12.3 Å². The van der Waals surface area contributed by atoms with Crippen LogP contribution in [0.15, 0.2) is 36.4 Å². The molecule has 3 nitrogen and oxygen atoms in total. The van der Waals surface area contributed by atoms with Crippen molar-refractivity contribution in [2.45, 2.75) is 13.3 Å². The van der Waals surface area contributed by atoms with Crippen molar-refractivity contribution in [3.8, 4) is 17.2 Å². The van der Waals surface area contributed by atoms with E-state index in [4.69, 9.17) is 15.2 Å². The number of nitrogen functional groups attached to an aromatic ring is 1. The molecular formula is C15H15F2NO2. The van der Waals surface area contributed by atoms with Gasteiger partial charge in [0.25, 0.3) is 0 Å². The molecule has 0 aromatic heterocycles. The highest BCUT2D eigenvalue weighted by Crippen LogP contribution is 2.36. The minimum absolute atomic E-state index is 0.0224. The molecule has 0 radical (unpaired) electrons. The fourth-order valence-corrected chi connectivity index (χ4v) is 1.63. The molecule has 0 amide bonds. The minimum atomic E-state index is -1.12. The van der Waals surface area contributed by atoms with Gasteiger partial charge in [-0.2, -0.15) is 4.39 Å². The molecule has 106 valence electrons. The zero-order chi connectivity index (χ0) is 14.5. The normalized spacial score (nSPS) is 10.3. The summed E-state index contributed by atoms with van der Waals surface area (Å²) in [5.41, 5.74) is 5.64. The molecule has 20 heavy (non-hydrogen) atoms. The van der Waals surface area contributed by atoms with Gasteiger partial charge in [0, 0.05) is 0 Å². The van der Waals surface area contributed by atoms with Gasteiger partial charge in [0.1, 0.15) is 0 Å². The summed E-state index contributed by atoms with van der Waals surface area (Å²) in [6, 6.07) is 8.98. The van der Waals surface area contributed by atoms with E-state index < -0.39 is 11.6 Å². The summed E-state index contributed by atoms with van der Waals surface area (Å²) >= 11 is 0. The van der Waals surface area contributed by atoms with E-state index in [0.29, 0.717) is 12.4 Å². The summed E-state index contributed by atoms with van der Waals surface area (Å²) in [6.45, 7) is 2.47. The van der Waals surface area contributed by atoms with E-state index in [1.165, 1.54) is 6.07 Å². The lowest BCUT2D eigenvalue weighted by Crippen LogP contribution is -2.01. The van der Waals surface area contributed by atoms with Crippen molar-refractivity contribution in [2.24, 2.45) is 0 Å². The van der Waals surface area contributed by atoms with Crippen LogP contribution in [0.2, 0.25) is 0 Å². The first-order valence-electron chi connectivity index (χ1n) is 6.26. The molecule has 0 spiro atoms. The second-order valence-corrected chi connectivity index (χ2v) is 4.18. The van der Waals surface area contributed by atoms with Crippen molar-refractivity contribution in [1.82, 2.24) is 0 Å². The number of hydrogen-bond donors (Lipinski definition) is 1. The average Bonchev–Trinajstić information content (AvgIpc) is 2.46. The third-order valence-electron chi connectivity index (χ3n) is 2.60. The Morgan fingerprint density at radius 1 is 1.05 bits per heavy atom. The van der Waals surface area contributed by atoms with Gasteiger partial charge in [-0.05, 0) is 30.7 Å². The largest absolute Gasteiger partial charge is 0.490 e. The van der Waals surface area contributed by atoms with Gasteiger partial charge < -0.3 is 15.2 Å². The molecule has 2 N–H and O–H groups in total. The van der Waals surface area contributed by atoms with Gasteiger partial charge in [-0.15, -0.1) is 0 Å². The van der Waals surface area contributed by atoms with Crippen LogP contribution >= 0.6 is 0 Å². The van der Waals surface area contributed by atoms with Gasteiger partial charge in [0.15, 0.2) is 23.1 Å². The smallest absolute Gasteiger partial charge is 0.203 e. The second kappa shape index (κ2) is 6.23. The molecule has 2 aromatic rings. The molecule has 0 saturated carbocycles. The Morgan fingerprint density at radius 3 is 2.45 bits per heavy atom. The zero-order valence-corrected chi connectivity index (χ0v) is 11.0. The number of nitrogens with two attached hydrogens (primary N) is 1. The lowest BCUT2D eigenvalue weighted by molar-refractivity contribution is 0.300. The van der Waals surface area contributed by atoms with Crippen molar-refractivity contribution in [3.05, 3.63) is 48.0 Å². The maximum atomic E-state index is 13.7. The highest BCUT2D eigenvalue weighted by Gasteiger charge is 2.16. The van der Waals surface area contributed by atoms with E-state index in [9.17, 15) is 8.78 Å². The molecule has 0 aliphatic carbocycles. The van der Waals surface area contributed by atoms with Crippen LogP contribution < -0.4 is 15.2 Å². The first kappa shape index (κ1) is 14.1. The standard InChI is InChI=1S/C15H15F2NO2/c1-2-9-19-12-5-3-4-6-13(12)20-15-11(18)8-7-10(16)14(15)17/h3-8H,2,9,18H2,1H3. The Kier molecular flexibility index (Phi) is 4.40. The predicted octanol–water partition coefficient (Wildman–Crippen LogP) is 4.13. The van der Waals surface area contributed by atoms with Crippen LogP contribution in [0, 0.1) is 11.6 Å². The molecule has 5 heteroatoms. The number of hydrogen-bond acceptors (Lipinski definition) is 3. The maximum Gasteiger partial charge on any atom is 0.203 e. The van der Waals surface area contributed by atoms with Crippen LogP contribution in [0.1, 0.15) is 13.3 Å². The van der Waals surface area contributed by atoms with E-state index in [1.54, 1.807) is 24.3 Å². The zero-order valence-electron chi connectivity index (χ0n) is 11.0. The SMILES string of the molecule is CCCOc1ccccc1Oc1c(N)ccc(F)c1F. The van der Waals surface area contributed by atoms with Gasteiger partial charge in [-0.3, -0.25) is 0 Å². The number of benzene rings is 2. The van der Waals surface area contributed by atoms with Crippen LogP contribution in [-0.2, 0) is 0 Å². The van der Waals surface area contributed by atoms with Crippen molar-refractivity contribution in [3.63, 3.8) is 0 Å². The quantitative estimate of drug-likeness (QED) is 0.837. The van der Waals surface area contributed by atoms with Gasteiger partial charge in [-0.25, -0.2) is 4.39 Å². The molecule has 0 aliphatic rings. The lowest BCUT2D eigenvalue weighted by Gasteiger charge is -2.13. The van der Waals surface area contributed by atoms with E-state index in [1.807, 2.05) is 6.92 Å². The highest BCUT2D eigenvalue weighted by atomic mass is 19.2. The van der Waals surface area contributed by atoms with Crippen molar-refractivity contribution >= 4 is 5.69 Å². The van der Waals surface area contributed by atoms with E-state index >= 15 is 0 Å². The Morgan fingerprint density at radius 2 is 1.75 bits per heavy atom. The number of halogens is 2. The molecule has 2 rings (SSSR count). The molecule has 0 aliphatic heterocycles. The Bertz CT molecular complexity index is 602. The van der Waals surface area contributed by atoms with E-state index in [-0.39, 0.29) is 17.2 Å². The molecule has 0 fully saturated rings. The Balaban J connectivity index is 2.33. The summed E-state index contributed by atoms with van der Waals surface area (Å²) < 4.78 is 37.8. The van der Waals surface area contributed by atoms with Gasteiger partial charge in [-0.1, -0.05) is 19.1 Å². The second-order valence-electron chi connectivity index (χ2n) is 4.18. The lowest BCUT2D eigenvalue weighted by atomic mass is 10.2. The minimum Gasteiger partial charge on any atom is -0.490 e. The fourth-order valence-electron chi connectivity index (χ4n) is 1.63. The molecular weight excluding hydrogens is 264 g/mol. The van der Waals surface area contributed by atoms with Crippen LogP contribution in [0.4, 0.5) is 14.5 Å². The number of anilines is 1. The number of ether oxygens (including phenoxy) is 2. The first-order valence-corrected chi connectivity index (χ1v) is 6.26. The summed E-state index contributed by atoms with van der Waals surface area (Å²) in [4.78, 5) is 0. The van der Waals surface area contributed by atoms with Gasteiger partial charge >= 0.3 is 0 Å². The number of rotatable bonds is 5. The van der Waals surface area contributed by atoms with Gasteiger partial charge in [0.2, 0.25) is 5.82 Å². The predicted molar refractivity (Wildman–Crippen MR) is 73.1 cm³/mol. The number of para-hydroxylation sites is 2. The van der Waals surface area contributed by atoms with Crippen molar-refractivity contribution in [1.29, 1.82) is 0 Å².